The largest absolute Gasteiger partial charge is 0.391 e. The lowest BCUT2D eigenvalue weighted by atomic mass is 9.87. The normalized spacial score (nSPS) is 23.1. The summed E-state index contributed by atoms with van der Waals surface area (Å²) in [6.07, 6.45) is 1.85. The quantitative estimate of drug-likeness (QED) is 0.931. The van der Waals surface area contributed by atoms with Crippen LogP contribution in [0.1, 0.15) is 23.5 Å². The molecule has 0 aliphatic carbocycles. The average Bonchev–Trinajstić information content (AvgIpc) is 2.55. The van der Waals surface area contributed by atoms with Crippen LogP contribution in [0.2, 0.25) is 0 Å². The Labute approximate surface area is 127 Å². The summed E-state index contributed by atoms with van der Waals surface area (Å²) in [6, 6.07) is 21.0. The molecule has 2 nitrogen and oxygen atoms in total. The highest BCUT2D eigenvalue weighted by atomic mass is 16.3. The second kappa shape index (κ2) is 6.88. The Balaban J connectivity index is 1.54. The maximum atomic E-state index is 10.4. The van der Waals surface area contributed by atoms with E-state index in [2.05, 4.69) is 59.5 Å². The predicted molar refractivity (Wildman–Crippen MR) is 86.4 cm³/mol. The molecule has 1 N–H and O–H groups in total. The molecule has 0 spiro atoms. The maximum absolute atomic E-state index is 10.4. The van der Waals surface area contributed by atoms with Crippen molar-refractivity contribution in [3.63, 3.8) is 0 Å². The van der Waals surface area contributed by atoms with Crippen LogP contribution in [0.3, 0.4) is 0 Å². The molecule has 2 unspecified atom stereocenters. The molecule has 0 radical (unpaired) electrons. The first kappa shape index (κ1) is 14.3. The highest BCUT2D eigenvalue weighted by Gasteiger charge is 2.28. The van der Waals surface area contributed by atoms with E-state index >= 15 is 0 Å². The summed E-state index contributed by atoms with van der Waals surface area (Å²) in [5.41, 5.74) is 2.64. The van der Waals surface area contributed by atoms with Gasteiger partial charge in [0.25, 0.3) is 0 Å². The molecule has 1 heterocycles. The molecule has 1 fully saturated rings. The molecule has 1 saturated heterocycles. The fourth-order valence-corrected chi connectivity index (χ4v) is 3.22. The molecule has 2 atom stereocenters. The molecule has 0 bridgehead atoms. The van der Waals surface area contributed by atoms with Crippen molar-refractivity contribution in [2.45, 2.75) is 24.9 Å². The van der Waals surface area contributed by atoms with Crippen molar-refractivity contribution in [2.24, 2.45) is 0 Å². The van der Waals surface area contributed by atoms with E-state index in [0.29, 0.717) is 5.92 Å². The Morgan fingerprint density at radius 3 is 2.29 bits per heavy atom. The van der Waals surface area contributed by atoms with E-state index in [1.165, 1.54) is 11.1 Å². The van der Waals surface area contributed by atoms with E-state index in [9.17, 15) is 5.11 Å². The van der Waals surface area contributed by atoms with E-state index in [4.69, 9.17) is 0 Å². The van der Waals surface area contributed by atoms with Crippen LogP contribution in [0.15, 0.2) is 60.7 Å². The summed E-state index contributed by atoms with van der Waals surface area (Å²) >= 11 is 0. The van der Waals surface area contributed by atoms with Gasteiger partial charge >= 0.3 is 0 Å². The summed E-state index contributed by atoms with van der Waals surface area (Å²) in [5, 5.41) is 10.4. The van der Waals surface area contributed by atoms with Crippen molar-refractivity contribution < 1.29 is 5.11 Å². The van der Waals surface area contributed by atoms with Crippen LogP contribution in [0, 0.1) is 0 Å². The first-order valence-electron chi connectivity index (χ1n) is 7.82. The van der Waals surface area contributed by atoms with Crippen LogP contribution in [0.25, 0.3) is 0 Å². The van der Waals surface area contributed by atoms with Gasteiger partial charge in [-0.15, -0.1) is 0 Å². The van der Waals surface area contributed by atoms with Crippen LogP contribution >= 0.6 is 0 Å². The number of β-amino-alcohol motifs (C(OH)–C–C–N with tert-alkyl or cyclic N) is 1. The number of aliphatic hydroxyl groups excluding tert-OH is 1. The molecule has 1 aliphatic rings. The number of aliphatic hydroxyl groups is 1. The number of likely N-dealkylation sites (tertiary alicyclic amines) is 1. The smallest absolute Gasteiger partial charge is 0.0735 e. The Morgan fingerprint density at radius 2 is 1.62 bits per heavy atom. The number of hydrogen-bond acceptors (Lipinski definition) is 2. The molecule has 3 rings (SSSR count). The van der Waals surface area contributed by atoms with Gasteiger partial charge in [-0.1, -0.05) is 60.7 Å². The number of rotatable bonds is 4. The first-order chi connectivity index (χ1) is 10.3. The number of benzene rings is 2. The monoisotopic (exact) mass is 281 g/mol. The van der Waals surface area contributed by atoms with Crippen molar-refractivity contribution in [3.05, 3.63) is 71.8 Å². The molecular weight excluding hydrogens is 258 g/mol. The van der Waals surface area contributed by atoms with Gasteiger partial charge in [0.15, 0.2) is 0 Å². The number of piperidine rings is 1. The Hall–Kier alpha value is -1.64. The minimum absolute atomic E-state index is 0.253. The van der Waals surface area contributed by atoms with Crippen molar-refractivity contribution in [1.29, 1.82) is 0 Å². The van der Waals surface area contributed by atoms with Gasteiger partial charge in [-0.25, -0.2) is 0 Å². The van der Waals surface area contributed by atoms with E-state index in [1.54, 1.807) is 0 Å². The Kier molecular flexibility index (Phi) is 4.69. The molecule has 1 aliphatic heterocycles. The minimum atomic E-state index is -0.253. The summed E-state index contributed by atoms with van der Waals surface area (Å²) < 4.78 is 0. The van der Waals surface area contributed by atoms with E-state index in [-0.39, 0.29) is 6.10 Å². The predicted octanol–water partition coefficient (Wildman–Crippen LogP) is 3.08. The molecule has 0 amide bonds. The van der Waals surface area contributed by atoms with Gasteiger partial charge < -0.3 is 10.0 Å². The zero-order valence-corrected chi connectivity index (χ0v) is 12.4. The fraction of sp³-hybridized carbons (Fsp3) is 0.368. The van der Waals surface area contributed by atoms with Crippen molar-refractivity contribution in [2.75, 3.05) is 19.6 Å². The summed E-state index contributed by atoms with van der Waals surface area (Å²) in [5.74, 6) is 0.291. The summed E-state index contributed by atoms with van der Waals surface area (Å²) in [4.78, 5) is 2.39. The molecule has 2 aromatic carbocycles. The van der Waals surface area contributed by atoms with Gasteiger partial charge in [0, 0.05) is 19.0 Å². The zero-order chi connectivity index (χ0) is 14.5. The highest BCUT2D eigenvalue weighted by Crippen LogP contribution is 2.28. The second-order valence-corrected chi connectivity index (χ2v) is 5.91. The van der Waals surface area contributed by atoms with Gasteiger partial charge in [0.1, 0.15) is 0 Å². The van der Waals surface area contributed by atoms with Gasteiger partial charge in [-0.05, 0) is 30.5 Å². The third-order valence-electron chi connectivity index (χ3n) is 4.45. The average molecular weight is 281 g/mol. The SMILES string of the molecule is OC1CN(CCc2ccccc2)CCC1c1ccccc1. The van der Waals surface area contributed by atoms with Crippen LogP contribution in [-0.4, -0.2) is 35.7 Å². The van der Waals surface area contributed by atoms with Gasteiger partial charge in [-0.2, -0.15) is 0 Å². The summed E-state index contributed by atoms with van der Waals surface area (Å²) in [6.45, 7) is 2.89. The molecular formula is C19H23NO. The molecule has 0 saturated carbocycles. The number of nitrogens with zero attached hydrogens (tertiary/aromatic N) is 1. The standard InChI is InChI=1S/C19H23NO/c21-19-15-20(13-11-16-7-3-1-4-8-16)14-12-18(19)17-9-5-2-6-10-17/h1-10,18-19,21H,11-15H2. The van der Waals surface area contributed by atoms with E-state index in [0.717, 1.165) is 32.5 Å². The lowest BCUT2D eigenvalue weighted by Crippen LogP contribution is -2.43. The van der Waals surface area contributed by atoms with Crippen LogP contribution in [0.4, 0.5) is 0 Å². The molecule has 2 heteroatoms. The second-order valence-electron chi connectivity index (χ2n) is 5.91. The van der Waals surface area contributed by atoms with E-state index in [1.807, 2.05) is 6.07 Å². The zero-order valence-electron chi connectivity index (χ0n) is 12.4. The minimum Gasteiger partial charge on any atom is -0.391 e. The van der Waals surface area contributed by atoms with Crippen molar-refractivity contribution in [3.8, 4) is 0 Å². The molecule has 0 aromatic heterocycles. The Bertz CT molecular complexity index is 540. The first-order valence-corrected chi connectivity index (χ1v) is 7.82. The highest BCUT2D eigenvalue weighted by molar-refractivity contribution is 5.21. The van der Waals surface area contributed by atoms with Crippen LogP contribution in [-0.2, 0) is 6.42 Å². The number of hydrogen-bond donors (Lipinski definition) is 1. The molecule has 110 valence electrons. The van der Waals surface area contributed by atoms with Gasteiger partial charge in [0.2, 0.25) is 0 Å². The molecule has 21 heavy (non-hydrogen) atoms. The van der Waals surface area contributed by atoms with Crippen molar-refractivity contribution in [1.82, 2.24) is 4.90 Å². The van der Waals surface area contributed by atoms with Gasteiger partial charge in [-0.3, -0.25) is 0 Å². The Morgan fingerprint density at radius 1 is 0.952 bits per heavy atom. The maximum Gasteiger partial charge on any atom is 0.0735 e. The topological polar surface area (TPSA) is 23.5 Å². The lowest BCUT2D eigenvalue weighted by Gasteiger charge is -2.36. The van der Waals surface area contributed by atoms with Crippen molar-refractivity contribution >= 4 is 0 Å². The third kappa shape index (κ3) is 3.72. The molecule has 2 aromatic rings. The van der Waals surface area contributed by atoms with Crippen LogP contribution < -0.4 is 0 Å². The lowest BCUT2D eigenvalue weighted by molar-refractivity contribution is 0.0519. The van der Waals surface area contributed by atoms with Crippen LogP contribution in [0.5, 0.6) is 0 Å². The fourth-order valence-electron chi connectivity index (χ4n) is 3.22. The van der Waals surface area contributed by atoms with Gasteiger partial charge in [0.05, 0.1) is 6.10 Å². The third-order valence-corrected chi connectivity index (χ3v) is 4.45. The summed E-state index contributed by atoms with van der Waals surface area (Å²) in [7, 11) is 0. The van der Waals surface area contributed by atoms with E-state index < -0.39 is 0 Å².